The Hall–Kier alpha value is -5.89. The molecule has 19 nitrogen and oxygen atoms in total. The molecule has 1 aliphatic heterocycles. The fraction of sp³-hybridized carbons (Fsp3) is 0.512. The number of nitrogens with one attached hydrogen (secondary N) is 4. The molecule has 0 spiro atoms. The van der Waals surface area contributed by atoms with Gasteiger partial charge in [-0.1, -0.05) is 42.5 Å². The number of aromatic hydroxyl groups is 1. The van der Waals surface area contributed by atoms with E-state index in [4.69, 9.17) is 28.4 Å². The zero-order chi connectivity index (χ0) is 45.4. The van der Waals surface area contributed by atoms with Crippen molar-refractivity contribution < 1.29 is 71.9 Å². The van der Waals surface area contributed by atoms with E-state index in [0.717, 1.165) is 32.5 Å². The fourth-order valence-corrected chi connectivity index (χ4v) is 7.10. The van der Waals surface area contributed by atoms with Gasteiger partial charge in [0.15, 0.2) is 12.2 Å². The van der Waals surface area contributed by atoms with Gasteiger partial charge in [0, 0.05) is 39.9 Å². The molecule has 5 N–H and O–H groups in total. The summed E-state index contributed by atoms with van der Waals surface area (Å²) < 4.78 is 33.2. The van der Waals surface area contributed by atoms with E-state index < -0.39 is 108 Å². The topological polar surface area (TPSA) is 260 Å². The van der Waals surface area contributed by atoms with Crippen LogP contribution in [0.5, 0.6) is 5.75 Å². The molecule has 0 aliphatic carbocycles. The number of amides is 4. The molecule has 20 heteroatoms. The maximum absolute atomic E-state index is 14.1. The van der Waals surface area contributed by atoms with E-state index >= 15 is 0 Å². The first-order valence-electron chi connectivity index (χ1n) is 19.2. The summed E-state index contributed by atoms with van der Waals surface area (Å²) in [5, 5.41) is 20.2. The molecule has 1 aliphatic rings. The summed E-state index contributed by atoms with van der Waals surface area (Å²) in [5.41, 5.74) is -0.951. The maximum atomic E-state index is 14.1. The summed E-state index contributed by atoms with van der Waals surface area (Å²) in [6.07, 6.45) is -5.09. The first kappa shape index (κ1) is 49.5. The van der Waals surface area contributed by atoms with Crippen LogP contribution in [0, 0.1) is 0 Å². The van der Waals surface area contributed by atoms with Crippen molar-refractivity contribution in [2.75, 3.05) is 12.4 Å². The molecule has 334 valence electrons. The van der Waals surface area contributed by atoms with Gasteiger partial charge in [-0.05, 0) is 51.0 Å². The Kier molecular flexibility index (Phi) is 18.8. The molecule has 4 amide bonds. The largest absolute Gasteiger partial charge is 0.508 e. The lowest BCUT2D eigenvalue weighted by molar-refractivity contribution is -0.211. The Labute approximate surface area is 357 Å². The van der Waals surface area contributed by atoms with E-state index in [9.17, 15) is 43.5 Å². The third-order valence-electron chi connectivity index (χ3n) is 8.45. The lowest BCUT2D eigenvalue weighted by Crippen LogP contribution is -2.65. The van der Waals surface area contributed by atoms with Crippen molar-refractivity contribution >= 4 is 59.5 Å². The molecule has 8 atom stereocenters. The zero-order valence-electron chi connectivity index (χ0n) is 35.2. The van der Waals surface area contributed by atoms with E-state index in [1.54, 1.807) is 51.1 Å². The molecular weight excluding hydrogens is 821 g/mol. The van der Waals surface area contributed by atoms with Gasteiger partial charge in [0.25, 0.3) is 0 Å². The number of benzene rings is 2. The lowest BCUT2D eigenvalue weighted by Gasteiger charge is -2.45. The van der Waals surface area contributed by atoms with Gasteiger partial charge < -0.3 is 54.8 Å². The van der Waals surface area contributed by atoms with Crippen LogP contribution in [0.25, 0.3) is 0 Å². The van der Waals surface area contributed by atoms with Gasteiger partial charge >= 0.3 is 30.0 Å². The van der Waals surface area contributed by atoms with Crippen LogP contribution in [0.4, 0.5) is 4.79 Å². The van der Waals surface area contributed by atoms with E-state index in [1.807, 2.05) is 0 Å². The lowest BCUT2D eigenvalue weighted by atomic mass is 9.97. The van der Waals surface area contributed by atoms with Crippen LogP contribution < -0.4 is 21.3 Å². The third kappa shape index (κ3) is 17.3. The Balaban J connectivity index is 2.00. The molecule has 2 aromatic rings. The number of rotatable bonds is 18. The van der Waals surface area contributed by atoms with Gasteiger partial charge in [-0.15, -0.1) is 11.8 Å². The Morgan fingerprint density at radius 3 is 1.93 bits per heavy atom. The first-order chi connectivity index (χ1) is 28.6. The van der Waals surface area contributed by atoms with Gasteiger partial charge in [-0.25, -0.2) is 9.59 Å². The highest BCUT2D eigenvalue weighted by molar-refractivity contribution is 7.99. The van der Waals surface area contributed by atoms with Gasteiger partial charge in [-0.3, -0.25) is 28.8 Å². The summed E-state index contributed by atoms with van der Waals surface area (Å²) in [4.78, 5) is 103. The number of ether oxygens (including phenoxy) is 6. The Morgan fingerprint density at radius 2 is 1.36 bits per heavy atom. The van der Waals surface area contributed by atoms with Crippen molar-refractivity contribution in [1.82, 2.24) is 21.3 Å². The smallest absolute Gasteiger partial charge is 0.408 e. The normalized spacial score (nSPS) is 20.0. The van der Waals surface area contributed by atoms with Crippen LogP contribution in [0.3, 0.4) is 0 Å². The molecular formula is C41H54N4O15S. The van der Waals surface area contributed by atoms with Crippen LogP contribution >= 0.6 is 11.8 Å². The number of thioether (sulfide) groups is 1. The summed E-state index contributed by atoms with van der Waals surface area (Å²) >= 11 is 0.857. The van der Waals surface area contributed by atoms with Crippen LogP contribution in [-0.2, 0) is 75.0 Å². The van der Waals surface area contributed by atoms with Crippen molar-refractivity contribution in [3.05, 3.63) is 65.7 Å². The molecule has 61 heavy (non-hydrogen) atoms. The average molecular weight is 875 g/mol. The minimum atomic E-state index is -1.50. The number of alkyl carbamates (subject to hydrolysis) is 1. The van der Waals surface area contributed by atoms with Crippen molar-refractivity contribution in [3.8, 4) is 5.75 Å². The van der Waals surface area contributed by atoms with Crippen molar-refractivity contribution in [1.29, 1.82) is 0 Å². The summed E-state index contributed by atoms with van der Waals surface area (Å²) in [5.74, 6) is -5.84. The van der Waals surface area contributed by atoms with Gasteiger partial charge in [-0.2, -0.15) is 0 Å². The van der Waals surface area contributed by atoms with Crippen LogP contribution in [0.15, 0.2) is 54.6 Å². The highest BCUT2D eigenvalue weighted by Gasteiger charge is 2.51. The van der Waals surface area contributed by atoms with E-state index in [0.29, 0.717) is 11.1 Å². The van der Waals surface area contributed by atoms with E-state index in [1.165, 1.54) is 38.1 Å². The predicted octanol–water partition coefficient (Wildman–Crippen LogP) is 1.95. The number of phenols is 1. The SMILES string of the molecule is CC(=O)N[C@@H]1[C@@H](OC(C)=O)[C@@H](OC(C)=O)[C@@H](COC(C)=O)O[C@@H]1SC[C@H](NC(=O)[C@H](Cc1ccc(O)cc1)NC(=O)OC(C)(C)C)C(=O)N[C@@H](C)C(=O)OCc1ccccc1. The average Bonchev–Trinajstić information content (AvgIpc) is 3.16. The van der Waals surface area contributed by atoms with Crippen molar-refractivity contribution in [2.24, 2.45) is 0 Å². The monoisotopic (exact) mass is 874 g/mol. The molecule has 1 saturated heterocycles. The minimum absolute atomic E-state index is 0.0391. The molecule has 0 aromatic heterocycles. The Morgan fingerprint density at radius 1 is 0.754 bits per heavy atom. The second-order valence-corrected chi connectivity index (χ2v) is 16.1. The molecule has 0 radical (unpaired) electrons. The highest BCUT2D eigenvalue weighted by atomic mass is 32.2. The van der Waals surface area contributed by atoms with E-state index in [2.05, 4.69) is 21.3 Å². The quantitative estimate of drug-likeness (QED) is 0.106. The van der Waals surface area contributed by atoms with Crippen LogP contribution in [-0.4, -0.2) is 119 Å². The third-order valence-corrected chi connectivity index (χ3v) is 9.71. The van der Waals surface area contributed by atoms with Gasteiger partial charge in [0.2, 0.25) is 17.7 Å². The minimum Gasteiger partial charge on any atom is -0.508 e. The number of hydrogen-bond acceptors (Lipinski definition) is 16. The van der Waals surface area contributed by atoms with Crippen molar-refractivity contribution in [2.45, 2.75) is 122 Å². The number of carbonyl (C=O) groups is 8. The summed E-state index contributed by atoms with van der Waals surface area (Å²) in [6, 6.07) is 9.35. The highest BCUT2D eigenvalue weighted by Crippen LogP contribution is 2.33. The molecule has 0 unspecified atom stereocenters. The first-order valence-corrected chi connectivity index (χ1v) is 20.3. The van der Waals surface area contributed by atoms with Gasteiger partial charge in [0.1, 0.15) is 60.3 Å². The van der Waals surface area contributed by atoms with Crippen LogP contribution in [0.1, 0.15) is 66.5 Å². The number of phenolic OH excluding ortho intramolecular Hbond substituents is 1. The number of hydrogen-bond donors (Lipinski definition) is 5. The van der Waals surface area contributed by atoms with Gasteiger partial charge in [0.05, 0.1) is 0 Å². The molecule has 2 aromatic carbocycles. The zero-order valence-corrected chi connectivity index (χ0v) is 36.0. The molecule has 0 saturated carbocycles. The summed E-state index contributed by atoms with van der Waals surface area (Å²) in [6.45, 7) is 10.2. The second-order valence-electron chi connectivity index (χ2n) is 15.0. The number of carbonyl (C=O) groups excluding carboxylic acids is 8. The predicted molar refractivity (Wildman–Crippen MR) is 217 cm³/mol. The molecule has 0 bridgehead atoms. The standard InChI is InChI=1S/C41H54N4O15S/c1-22(38(53)56-19-28-12-10-9-11-13-28)42-37(52)31(44-36(51)30(45-40(54)60-41(6,7)8)18-27-14-16-29(50)17-15-27)21-61-39-33(43-23(2)46)35(58-26(5)49)34(57-25(4)48)32(59-39)20-55-24(3)47/h9-17,22,30-35,39,50H,18-21H2,1-8H3,(H,42,52)(H,43,46)(H,44,51)(H,45,54)/t22-,30-,31-,32+,33+,34-,35+,39+/m0/s1. The van der Waals surface area contributed by atoms with Crippen molar-refractivity contribution in [3.63, 3.8) is 0 Å². The molecule has 1 fully saturated rings. The Bertz CT molecular complexity index is 1860. The number of esters is 4. The van der Waals surface area contributed by atoms with Crippen LogP contribution in [0.2, 0.25) is 0 Å². The molecule has 3 rings (SSSR count). The fourth-order valence-electron chi connectivity index (χ4n) is 5.83. The van der Waals surface area contributed by atoms with E-state index in [-0.39, 0.29) is 24.5 Å². The second kappa shape index (κ2) is 23.2. The maximum Gasteiger partial charge on any atom is 0.408 e. The summed E-state index contributed by atoms with van der Waals surface area (Å²) in [7, 11) is 0. The molecule has 1 heterocycles.